The lowest BCUT2D eigenvalue weighted by molar-refractivity contribution is 0.137. The largest absolute Gasteiger partial charge is 0.383 e. The molecule has 0 aliphatic heterocycles. The molecule has 0 fully saturated rings. The molecular formula is C16H26F2N2O. The van der Waals surface area contributed by atoms with Gasteiger partial charge < -0.3 is 15.4 Å². The van der Waals surface area contributed by atoms with Gasteiger partial charge >= 0.3 is 0 Å². The van der Waals surface area contributed by atoms with Crippen molar-refractivity contribution in [3.63, 3.8) is 0 Å². The van der Waals surface area contributed by atoms with E-state index in [1.165, 1.54) is 6.07 Å². The Morgan fingerprint density at radius 3 is 2.57 bits per heavy atom. The maximum Gasteiger partial charge on any atom is 0.163 e. The van der Waals surface area contributed by atoms with Gasteiger partial charge in [-0.15, -0.1) is 0 Å². The smallest absolute Gasteiger partial charge is 0.163 e. The second kappa shape index (κ2) is 9.07. The Labute approximate surface area is 126 Å². The average Bonchev–Trinajstić information content (AvgIpc) is 2.44. The summed E-state index contributed by atoms with van der Waals surface area (Å²) in [5.74, 6) is -1.15. The number of nitrogens with zero attached hydrogens (tertiary/aromatic N) is 1. The minimum Gasteiger partial charge on any atom is -0.383 e. The standard InChI is InChI=1S/C16H26F2N2O/c1-12(2)11-20(9-10-21-3)8-7-15(19)13-5-4-6-14(17)16(13)18/h4-6,12,15H,7-11,19H2,1-3H3. The Morgan fingerprint density at radius 1 is 1.24 bits per heavy atom. The van der Waals surface area contributed by atoms with Crippen LogP contribution in [0.25, 0.3) is 0 Å². The maximum absolute atomic E-state index is 13.7. The molecule has 0 spiro atoms. The minimum absolute atomic E-state index is 0.242. The van der Waals surface area contributed by atoms with Crippen LogP contribution in [0, 0.1) is 17.6 Å². The van der Waals surface area contributed by atoms with Crippen LogP contribution >= 0.6 is 0 Å². The first-order valence-corrected chi connectivity index (χ1v) is 7.36. The zero-order chi connectivity index (χ0) is 15.8. The van der Waals surface area contributed by atoms with Crippen molar-refractivity contribution in [2.24, 2.45) is 11.7 Å². The third-order valence-electron chi connectivity index (χ3n) is 3.37. The van der Waals surface area contributed by atoms with Crippen molar-refractivity contribution in [1.29, 1.82) is 0 Å². The lowest BCUT2D eigenvalue weighted by Crippen LogP contribution is -2.33. The highest BCUT2D eigenvalue weighted by Crippen LogP contribution is 2.20. The predicted octanol–water partition coefficient (Wildman–Crippen LogP) is 2.96. The molecule has 1 rings (SSSR count). The van der Waals surface area contributed by atoms with Crippen molar-refractivity contribution in [1.82, 2.24) is 4.90 Å². The van der Waals surface area contributed by atoms with E-state index in [0.717, 1.165) is 25.7 Å². The number of halogens is 2. The summed E-state index contributed by atoms with van der Waals surface area (Å²) < 4.78 is 32.0. The normalized spacial score (nSPS) is 13.1. The molecule has 0 aliphatic carbocycles. The zero-order valence-corrected chi connectivity index (χ0v) is 13.1. The zero-order valence-electron chi connectivity index (χ0n) is 13.1. The molecule has 0 heterocycles. The van der Waals surface area contributed by atoms with Crippen molar-refractivity contribution >= 4 is 0 Å². The summed E-state index contributed by atoms with van der Waals surface area (Å²) in [4.78, 5) is 2.24. The number of rotatable bonds is 9. The SMILES string of the molecule is COCCN(CCC(N)c1cccc(F)c1F)CC(C)C. The molecular weight excluding hydrogens is 274 g/mol. The van der Waals surface area contributed by atoms with Gasteiger partial charge in [0.1, 0.15) is 0 Å². The molecule has 2 N–H and O–H groups in total. The van der Waals surface area contributed by atoms with Gasteiger partial charge in [-0.05, 0) is 18.4 Å². The lowest BCUT2D eigenvalue weighted by atomic mass is 10.0. The Kier molecular flexibility index (Phi) is 7.78. The summed E-state index contributed by atoms with van der Waals surface area (Å²) in [6.45, 7) is 7.42. The fourth-order valence-electron chi connectivity index (χ4n) is 2.32. The van der Waals surface area contributed by atoms with Crippen molar-refractivity contribution in [3.8, 4) is 0 Å². The summed E-state index contributed by atoms with van der Waals surface area (Å²) in [5.41, 5.74) is 6.25. The minimum atomic E-state index is -0.846. The first-order valence-electron chi connectivity index (χ1n) is 7.36. The number of nitrogens with two attached hydrogens (primary N) is 1. The van der Waals surface area contributed by atoms with E-state index in [0.29, 0.717) is 18.9 Å². The van der Waals surface area contributed by atoms with Crippen molar-refractivity contribution in [2.45, 2.75) is 26.3 Å². The van der Waals surface area contributed by atoms with Crippen LogP contribution in [0.4, 0.5) is 8.78 Å². The van der Waals surface area contributed by atoms with Crippen LogP contribution in [-0.4, -0.2) is 38.3 Å². The van der Waals surface area contributed by atoms with Gasteiger partial charge in [0.15, 0.2) is 11.6 Å². The number of benzene rings is 1. The molecule has 1 aromatic carbocycles. The second-order valence-corrected chi connectivity index (χ2v) is 5.73. The Hall–Kier alpha value is -1.04. The highest BCUT2D eigenvalue weighted by Gasteiger charge is 2.16. The van der Waals surface area contributed by atoms with Gasteiger partial charge in [-0.1, -0.05) is 26.0 Å². The fraction of sp³-hybridized carbons (Fsp3) is 0.625. The van der Waals surface area contributed by atoms with Gasteiger partial charge in [0, 0.05) is 38.3 Å². The van der Waals surface area contributed by atoms with E-state index >= 15 is 0 Å². The van der Waals surface area contributed by atoms with E-state index in [2.05, 4.69) is 18.7 Å². The van der Waals surface area contributed by atoms with Crippen molar-refractivity contribution < 1.29 is 13.5 Å². The van der Waals surface area contributed by atoms with E-state index in [-0.39, 0.29) is 5.56 Å². The molecule has 120 valence electrons. The van der Waals surface area contributed by atoms with E-state index in [9.17, 15) is 8.78 Å². The molecule has 21 heavy (non-hydrogen) atoms. The Morgan fingerprint density at radius 2 is 1.95 bits per heavy atom. The summed E-state index contributed by atoms with van der Waals surface area (Å²) in [6.07, 6.45) is 0.580. The number of methoxy groups -OCH3 is 1. The quantitative estimate of drug-likeness (QED) is 0.762. The molecule has 0 aliphatic rings. The number of ether oxygens (including phenoxy) is 1. The molecule has 0 radical (unpaired) electrons. The molecule has 3 nitrogen and oxygen atoms in total. The Bertz CT molecular complexity index is 427. The number of hydrogen-bond acceptors (Lipinski definition) is 3. The molecule has 1 atom stereocenters. The third kappa shape index (κ3) is 6.08. The molecule has 0 bridgehead atoms. The van der Waals surface area contributed by atoms with Crippen LogP contribution < -0.4 is 5.73 Å². The summed E-state index contributed by atoms with van der Waals surface area (Å²) in [7, 11) is 1.67. The lowest BCUT2D eigenvalue weighted by Gasteiger charge is -2.25. The topological polar surface area (TPSA) is 38.5 Å². The number of hydrogen-bond donors (Lipinski definition) is 1. The van der Waals surface area contributed by atoms with Gasteiger partial charge in [0.05, 0.1) is 6.61 Å². The van der Waals surface area contributed by atoms with Crippen LogP contribution in [0.5, 0.6) is 0 Å². The summed E-state index contributed by atoms with van der Waals surface area (Å²) in [6, 6.07) is 3.64. The van der Waals surface area contributed by atoms with Crippen molar-refractivity contribution in [3.05, 3.63) is 35.4 Å². The molecule has 5 heteroatoms. The third-order valence-corrected chi connectivity index (χ3v) is 3.37. The highest BCUT2D eigenvalue weighted by molar-refractivity contribution is 5.22. The maximum atomic E-state index is 13.7. The molecule has 0 saturated carbocycles. The fourth-order valence-corrected chi connectivity index (χ4v) is 2.32. The first kappa shape index (κ1) is 18.0. The Balaban J connectivity index is 2.59. The molecule has 1 unspecified atom stereocenters. The molecule has 0 saturated heterocycles. The van der Waals surface area contributed by atoms with Gasteiger partial charge in [0.25, 0.3) is 0 Å². The van der Waals surface area contributed by atoms with Gasteiger partial charge in [-0.3, -0.25) is 0 Å². The first-order chi connectivity index (χ1) is 9.95. The van der Waals surface area contributed by atoms with Gasteiger partial charge in [-0.2, -0.15) is 0 Å². The van der Waals surface area contributed by atoms with Crippen LogP contribution in [0.3, 0.4) is 0 Å². The van der Waals surface area contributed by atoms with Crippen LogP contribution in [0.15, 0.2) is 18.2 Å². The van der Waals surface area contributed by atoms with Crippen LogP contribution in [-0.2, 0) is 4.74 Å². The second-order valence-electron chi connectivity index (χ2n) is 5.73. The van der Waals surface area contributed by atoms with Gasteiger partial charge in [-0.25, -0.2) is 8.78 Å². The van der Waals surface area contributed by atoms with Crippen molar-refractivity contribution in [2.75, 3.05) is 33.4 Å². The highest BCUT2D eigenvalue weighted by atomic mass is 19.2. The molecule has 0 aromatic heterocycles. The monoisotopic (exact) mass is 300 g/mol. The molecule has 0 amide bonds. The van der Waals surface area contributed by atoms with E-state index in [1.54, 1.807) is 13.2 Å². The van der Waals surface area contributed by atoms with Crippen LogP contribution in [0.2, 0.25) is 0 Å². The van der Waals surface area contributed by atoms with E-state index in [4.69, 9.17) is 10.5 Å². The summed E-state index contributed by atoms with van der Waals surface area (Å²) >= 11 is 0. The predicted molar refractivity (Wildman–Crippen MR) is 81.1 cm³/mol. The van der Waals surface area contributed by atoms with Gasteiger partial charge in [0.2, 0.25) is 0 Å². The van der Waals surface area contributed by atoms with E-state index in [1.807, 2.05) is 0 Å². The summed E-state index contributed by atoms with van der Waals surface area (Å²) in [5, 5.41) is 0. The van der Waals surface area contributed by atoms with E-state index < -0.39 is 17.7 Å². The average molecular weight is 300 g/mol. The van der Waals surface area contributed by atoms with Crippen LogP contribution in [0.1, 0.15) is 31.9 Å². The molecule has 1 aromatic rings.